The fraction of sp³-hybridized carbons (Fsp3) is 0.333. The van der Waals surface area contributed by atoms with E-state index in [0.29, 0.717) is 6.42 Å². The highest BCUT2D eigenvalue weighted by molar-refractivity contribution is 6.00. The van der Waals surface area contributed by atoms with Crippen molar-refractivity contribution >= 4 is 28.5 Å². The largest absolute Gasteiger partial charge is 0.378 e. The second-order valence-electron chi connectivity index (χ2n) is 9.14. The van der Waals surface area contributed by atoms with E-state index in [1.54, 1.807) is 0 Å². The monoisotopic (exact) mass is 386 g/mol. The highest BCUT2D eigenvalue weighted by Gasteiger charge is 2.41. The molecule has 0 spiro atoms. The van der Waals surface area contributed by atoms with Gasteiger partial charge in [-0.3, -0.25) is 9.36 Å². The second kappa shape index (κ2) is 6.21. The van der Waals surface area contributed by atoms with Gasteiger partial charge in [0.25, 0.3) is 0 Å². The summed E-state index contributed by atoms with van der Waals surface area (Å²) in [6.07, 6.45) is 1.42. The third-order valence-corrected chi connectivity index (χ3v) is 6.04. The van der Waals surface area contributed by atoms with Crippen LogP contribution in [0.3, 0.4) is 0 Å². The van der Waals surface area contributed by atoms with E-state index < -0.39 is 0 Å². The number of hydrogen-bond donors (Lipinski definition) is 1. The minimum Gasteiger partial charge on any atom is -0.378 e. The number of imidazole rings is 1. The van der Waals surface area contributed by atoms with E-state index in [2.05, 4.69) is 59.0 Å². The fourth-order valence-electron chi connectivity index (χ4n) is 4.69. The van der Waals surface area contributed by atoms with Crippen LogP contribution in [0.25, 0.3) is 11.0 Å². The van der Waals surface area contributed by atoms with E-state index in [0.717, 1.165) is 45.9 Å². The molecule has 3 aromatic rings. The van der Waals surface area contributed by atoms with Crippen molar-refractivity contribution in [2.75, 3.05) is 24.3 Å². The molecule has 2 aliphatic rings. The Balaban J connectivity index is 1.74. The van der Waals surface area contributed by atoms with Gasteiger partial charge in [-0.2, -0.15) is 0 Å². The lowest BCUT2D eigenvalue weighted by molar-refractivity contribution is -0.118. The lowest BCUT2D eigenvalue weighted by Gasteiger charge is -2.39. The minimum atomic E-state index is -0.159. The van der Waals surface area contributed by atoms with Gasteiger partial charge in [0.1, 0.15) is 0 Å². The van der Waals surface area contributed by atoms with Crippen LogP contribution in [0.1, 0.15) is 38.3 Å². The summed E-state index contributed by atoms with van der Waals surface area (Å²) >= 11 is 0. The van der Waals surface area contributed by atoms with Crippen molar-refractivity contribution < 1.29 is 4.79 Å². The number of carbonyl (C=O) groups excluding carboxylic acids is 1. The first-order chi connectivity index (χ1) is 13.8. The summed E-state index contributed by atoms with van der Waals surface area (Å²) in [4.78, 5) is 20.3. The Morgan fingerprint density at radius 2 is 1.79 bits per heavy atom. The molecule has 2 aromatic carbocycles. The molecule has 5 heteroatoms. The molecule has 1 aliphatic carbocycles. The number of para-hydroxylation sites is 2. The van der Waals surface area contributed by atoms with Crippen LogP contribution in [0, 0.1) is 5.41 Å². The van der Waals surface area contributed by atoms with Gasteiger partial charge in [-0.1, -0.05) is 38.1 Å². The molecule has 0 saturated carbocycles. The average molecular weight is 386 g/mol. The van der Waals surface area contributed by atoms with Gasteiger partial charge in [0.2, 0.25) is 5.95 Å². The van der Waals surface area contributed by atoms with Gasteiger partial charge < -0.3 is 10.2 Å². The van der Waals surface area contributed by atoms with E-state index in [-0.39, 0.29) is 17.2 Å². The normalized spacial score (nSPS) is 20.3. The van der Waals surface area contributed by atoms with Crippen LogP contribution in [0.15, 0.2) is 59.8 Å². The first kappa shape index (κ1) is 18.0. The maximum absolute atomic E-state index is 13.3. The predicted molar refractivity (Wildman–Crippen MR) is 117 cm³/mol. The Hall–Kier alpha value is -3.08. The van der Waals surface area contributed by atoms with Crippen LogP contribution < -0.4 is 10.2 Å². The van der Waals surface area contributed by atoms with Crippen molar-refractivity contribution in [1.82, 2.24) is 9.55 Å². The summed E-state index contributed by atoms with van der Waals surface area (Å²) in [5, 5.41) is 3.51. The maximum atomic E-state index is 13.3. The molecule has 148 valence electrons. The molecular weight excluding hydrogens is 360 g/mol. The molecule has 0 amide bonds. The van der Waals surface area contributed by atoms with Gasteiger partial charge in [-0.25, -0.2) is 4.98 Å². The number of anilines is 2. The molecule has 1 aromatic heterocycles. The molecule has 1 aliphatic heterocycles. The number of aromatic nitrogens is 2. The Bertz CT molecular complexity index is 1150. The highest BCUT2D eigenvalue weighted by atomic mass is 16.1. The number of nitrogens with one attached hydrogen (secondary N) is 1. The van der Waals surface area contributed by atoms with Gasteiger partial charge in [0.05, 0.1) is 17.1 Å². The Morgan fingerprint density at radius 3 is 2.52 bits per heavy atom. The predicted octanol–water partition coefficient (Wildman–Crippen LogP) is 4.76. The Morgan fingerprint density at radius 1 is 1.07 bits per heavy atom. The van der Waals surface area contributed by atoms with E-state index in [9.17, 15) is 4.79 Å². The maximum Gasteiger partial charge on any atom is 0.209 e. The van der Waals surface area contributed by atoms with Gasteiger partial charge in [0, 0.05) is 37.5 Å². The molecule has 0 radical (unpaired) electrons. The number of carbonyl (C=O) groups is 1. The van der Waals surface area contributed by atoms with Crippen LogP contribution in [0.5, 0.6) is 0 Å². The first-order valence-electron chi connectivity index (χ1n) is 10.1. The fourth-order valence-corrected chi connectivity index (χ4v) is 4.69. The highest BCUT2D eigenvalue weighted by Crippen LogP contribution is 2.47. The number of Topliss-reactive ketones (excluding diaryl/α,β-unsaturated/α-hetero) is 1. The number of fused-ring (bicyclic) bond motifs is 3. The summed E-state index contributed by atoms with van der Waals surface area (Å²) < 4.78 is 2.19. The minimum absolute atomic E-state index is 0.0452. The van der Waals surface area contributed by atoms with Crippen LogP contribution >= 0.6 is 0 Å². The molecule has 5 rings (SSSR count). The van der Waals surface area contributed by atoms with Crippen molar-refractivity contribution in [1.29, 1.82) is 0 Å². The SMILES string of the molecule is CN(C)c1ccc([C@@H]2C3=C(CC(C)(C)CC3=O)Nc3nc4ccccc4n32)cc1. The molecule has 0 unspecified atom stereocenters. The summed E-state index contributed by atoms with van der Waals surface area (Å²) in [6.45, 7) is 4.32. The van der Waals surface area contributed by atoms with E-state index >= 15 is 0 Å². The molecule has 29 heavy (non-hydrogen) atoms. The topological polar surface area (TPSA) is 50.2 Å². The average Bonchev–Trinajstić information content (AvgIpc) is 3.03. The van der Waals surface area contributed by atoms with Crippen molar-refractivity contribution in [3.8, 4) is 0 Å². The van der Waals surface area contributed by atoms with Crippen molar-refractivity contribution in [3.63, 3.8) is 0 Å². The zero-order valence-corrected chi connectivity index (χ0v) is 17.4. The zero-order chi connectivity index (χ0) is 20.3. The van der Waals surface area contributed by atoms with Gasteiger partial charge in [0.15, 0.2) is 5.78 Å². The lowest BCUT2D eigenvalue weighted by atomic mass is 9.73. The van der Waals surface area contributed by atoms with Gasteiger partial charge in [-0.15, -0.1) is 0 Å². The smallest absolute Gasteiger partial charge is 0.209 e. The molecule has 0 bridgehead atoms. The van der Waals surface area contributed by atoms with Crippen LogP contribution in [-0.4, -0.2) is 29.4 Å². The number of rotatable bonds is 2. The summed E-state index contributed by atoms with van der Waals surface area (Å²) in [5.41, 5.74) is 6.10. The molecule has 0 saturated heterocycles. The Kier molecular flexibility index (Phi) is 3.85. The molecule has 1 N–H and O–H groups in total. The van der Waals surface area contributed by atoms with Crippen molar-refractivity contribution in [3.05, 3.63) is 65.4 Å². The van der Waals surface area contributed by atoms with Crippen molar-refractivity contribution in [2.45, 2.75) is 32.7 Å². The third-order valence-electron chi connectivity index (χ3n) is 6.04. The summed E-state index contributed by atoms with van der Waals surface area (Å²) in [7, 11) is 4.07. The first-order valence-corrected chi connectivity index (χ1v) is 10.1. The quantitative estimate of drug-likeness (QED) is 0.690. The molecule has 1 atom stereocenters. The van der Waals surface area contributed by atoms with E-state index in [1.807, 2.05) is 32.3 Å². The van der Waals surface area contributed by atoms with Crippen LogP contribution in [0.2, 0.25) is 0 Å². The number of hydrogen-bond acceptors (Lipinski definition) is 4. The zero-order valence-electron chi connectivity index (χ0n) is 17.4. The summed E-state index contributed by atoms with van der Waals surface area (Å²) in [6, 6.07) is 16.5. The number of allylic oxidation sites excluding steroid dienone is 2. The van der Waals surface area contributed by atoms with Crippen LogP contribution in [0.4, 0.5) is 11.6 Å². The Labute approximate surface area is 171 Å². The second-order valence-corrected chi connectivity index (χ2v) is 9.14. The molecule has 0 fully saturated rings. The number of benzene rings is 2. The third kappa shape index (κ3) is 2.84. The van der Waals surface area contributed by atoms with Crippen molar-refractivity contribution in [2.24, 2.45) is 5.41 Å². The van der Waals surface area contributed by atoms with Crippen LogP contribution in [-0.2, 0) is 4.79 Å². The number of ketones is 1. The molecular formula is C24H26N4O. The molecule has 2 heterocycles. The van der Waals surface area contributed by atoms with E-state index in [1.165, 1.54) is 0 Å². The van der Waals surface area contributed by atoms with Gasteiger partial charge >= 0.3 is 0 Å². The van der Waals surface area contributed by atoms with Gasteiger partial charge in [-0.05, 0) is 41.7 Å². The number of nitrogens with zero attached hydrogens (tertiary/aromatic N) is 3. The summed E-state index contributed by atoms with van der Waals surface area (Å²) in [5.74, 6) is 1.05. The standard InChI is InChI=1S/C24H26N4O/c1-24(2)13-18-21(20(29)14-24)22(15-9-11-16(12-10-15)27(3)4)28-19-8-6-5-7-17(19)25-23(28)26-18/h5-12,22H,13-14H2,1-4H3,(H,25,26)/t22-/m1/s1. The molecule has 5 nitrogen and oxygen atoms in total. The lowest BCUT2D eigenvalue weighted by Crippen LogP contribution is -2.36. The van der Waals surface area contributed by atoms with E-state index in [4.69, 9.17) is 4.98 Å².